The predicted molar refractivity (Wildman–Crippen MR) is 51.7 cm³/mol. The first-order valence-corrected chi connectivity index (χ1v) is 4.24. The Labute approximate surface area is 77.7 Å². The summed E-state index contributed by atoms with van der Waals surface area (Å²) in [5.74, 6) is 0. The summed E-state index contributed by atoms with van der Waals surface area (Å²) >= 11 is 3.35. The lowest BCUT2D eigenvalue weighted by atomic mass is 10.2. The van der Waals surface area contributed by atoms with Gasteiger partial charge < -0.3 is 5.73 Å². The van der Waals surface area contributed by atoms with E-state index in [4.69, 9.17) is 5.73 Å². The fourth-order valence-electron chi connectivity index (χ4n) is 1.04. The molecular weight excluding hydrogens is 218 g/mol. The predicted octanol–water partition coefficient (Wildman–Crippen LogP) is 1.97. The van der Waals surface area contributed by atoms with Crippen molar-refractivity contribution in [3.63, 3.8) is 0 Å². The molecule has 0 saturated carbocycles. The largest absolute Gasteiger partial charge is 0.398 e. The van der Waals surface area contributed by atoms with Crippen molar-refractivity contribution in [2.24, 2.45) is 0 Å². The molecule has 0 aliphatic carbocycles. The van der Waals surface area contributed by atoms with Crippen molar-refractivity contribution in [1.29, 1.82) is 0 Å². The van der Waals surface area contributed by atoms with E-state index in [1.807, 2.05) is 18.2 Å². The molecule has 0 fully saturated rings. The molecule has 2 N–H and O–H groups in total. The molecule has 3 nitrogen and oxygen atoms in total. The van der Waals surface area contributed by atoms with Crippen LogP contribution in [0.1, 0.15) is 0 Å². The first-order valence-electron chi connectivity index (χ1n) is 3.44. The Bertz CT molecular complexity index is 428. The molecule has 1 heterocycles. The van der Waals surface area contributed by atoms with E-state index in [-0.39, 0.29) is 0 Å². The lowest BCUT2D eigenvalue weighted by molar-refractivity contribution is 1.07. The van der Waals surface area contributed by atoms with E-state index < -0.39 is 0 Å². The number of aromatic nitrogens is 2. The third-order valence-corrected chi connectivity index (χ3v) is 2.49. The van der Waals surface area contributed by atoms with Crippen molar-refractivity contribution in [3.8, 4) is 0 Å². The van der Waals surface area contributed by atoms with Crippen molar-refractivity contribution in [2.75, 3.05) is 5.73 Å². The van der Waals surface area contributed by atoms with E-state index in [9.17, 15) is 0 Å². The minimum atomic E-state index is 0.683. The third-order valence-electron chi connectivity index (χ3n) is 1.66. The molecule has 0 unspecified atom stereocenters. The normalized spacial score (nSPS) is 10.4. The lowest BCUT2D eigenvalue weighted by Gasteiger charge is -2.00. The Kier molecular flexibility index (Phi) is 1.69. The standard InChI is InChI=1S/C8H6BrN3/c9-7-6(10)2-1-5-3-4-11-12-8(5)7/h1-4H,10H2. The number of rotatable bonds is 0. The number of anilines is 1. The summed E-state index contributed by atoms with van der Waals surface area (Å²) in [6, 6.07) is 5.66. The number of fused-ring (bicyclic) bond motifs is 1. The molecule has 0 amide bonds. The topological polar surface area (TPSA) is 51.8 Å². The minimum absolute atomic E-state index is 0.683. The van der Waals surface area contributed by atoms with Crippen LogP contribution in [0.15, 0.2) is 28.9 Å². The second-order valence-corrected chi connectivity index (χ2v) is 3.23. The van der Waals surface area contributed by atoms with Crippen LogP contribution in [-0.2, 0) is 0 Å². The number of nitrogens with zero attached hydrogens (tertiary/aromatic N) is 2. The maximum Gasteiger partial charge on any atom is 0.109 e. The Balaban J connectivity index is 2.91. The van der Waals surface area contributed by atoms with Gasteiger partial charge in [0.1, 0.15) is 5.52 Å². The fourth-order valence-corrected chi connectivity index (χ4v) is 1.48. The maximum atomic E-state index is 5.67. The average Bonchev–Trinajstić information content (AvgIpc) is 2.12. The summed E-state index contributed by atoms with van der Waals surface area (Å²) in [6.07, 6.45) is 1.66. The molecule has 4 heteroatoms. The molecule has 0 spiro atoms. The van der Waals surface area contributed by atoms with Gasteiger partial charge in [-0.3, -0.25) is 0 Å². The van der Waals surface area contributed by atoms with Crippen LogP contribution in [-0.4, -0.2) is 10.2 Å². The van der Waals surface area contributed by atoms with Crippen LogP contribution >= 0.6 is 15.9 Å². The van der Waals surface area contributed by atoms with Gasteiger partial charge in [-0.15, -0.1) is 5.10 Å². The molecule has 0 aliphatic rings. The molecule has 0 bridgehead atoms. The number of hydrogen-bond acceptors (Lipinski definition) is 3. The van der Waals surface area contributed by atoms with Gasteiger partial charge in [-0.25, -0.2) is 0 Å². The monoisotopic (exact) mass is 223 g/mol. The summed E-state index contributed by atoms with van der Waals surface area (Å²) in [7, 11) is 0. The van der Waals surface area contributed by atoms with Gasteiger partial charge in [0.15, 0.2) is 0 Å². The first-order chi connectivity index (χ1) is 5.79. The molecule has 1 aromatic heterocycles. The van der Waals surface area contributed by atoms with E-state index in [1.54, 1.807) is 6.20 Å². The van der Waals surface area contributed by atoms with Crippen LogP contribution in [0.5, 0.6) is 0 Å². The van der Waals surface area contributed by atoms with Crippen LogP contribution in [0.4, 0.5) is 5.69 Å². The van der Waals surface area contributed by atoms with E-state index in [2.05, 4.69) is 26.1 Å². The SMILES string of the molecule is Nc1ccc2ccnnc2c1Br. The zero-order valence-electron chi connectivity index (χ0n) is 6.16. The van der Waals surface area contributed by atoms with E-state index in [0.717, 1.165) is 15.4 Å². The Morgan fingerprint density at radius 2 is 2.08 bits per heavy atom. The second kappa shape index (κ2) is 2.71. The lowest BCUT2D eigenvalue weighted by Crippen LogP contribution is -1.89. The van der Waals surface area contributed by atoms with Gasteiger partial charge in [0, 0.05) is 11.1 Å². The molecule has 1 aromatic carbocycles. The maximum absolute atomic E-state index is 5.67. The summed E-state index contributed by atoms with van der Waals surface area (Å²) in [5.41, 5.74) is 7.16. The number of nitrogen functional groups attached to an aromatic ring is 1. The molecule has 2 aromatic rings. The number of benzene rings is 1. The minimum Gasteiger partial charge on any atom is -0.398 e. The second-order valence-electron chi connectivity index (χ2n) is 2.44. The van der Waals surface area contributed by atoms with Crippen molar-refractivity contribution in [3.05, 3.63) is 28.9 Å². The Hall–Kier alpha value is -1.16. The third kappa shape index (κ3) is 1.04. The quantitative estimate of drug-likeness (QED) is 0.696. The molecule has 0 radical (unpaired) electrons. The zero-order valence-corrected chi connectivity index (χ0v) is 7.75. The van der Waals surface area contributed by atoms with Crippen molar-refractivity contribution in [1.82, 2.24) is 10.2 Å². The molecule has 60 valence electrons. The van der Waals surface area contributed by atoms with Crippen molar-refractivity contribution >= 4 is 32.5 Å². The summed E-state index contributed by atoms with van der Waals surface area (Å²) in [4.78, 5) is 0. The van der Waals surface area contributed by atoms with Gasteiger partial charge in [-0.05, 0) is 28.1 Å². The molecule has 0 aliphatic heterocycles. The van der Waals surface area contributed by atoms with Crippen LogP contribution in [0.2, 0.25) is 0 Å². The van der Waals surface area contributed by atoms with Gasteiger partial charge in [0.05, 0.1) is 10.7 Å². The number of nitrogens with two attached hydrogens (primary N) is 1. The molecule has 12 heavy (non-hydrogen) atoms. The van der Waals surface area contributed by atoms with Crippen LogP contribution in [0.3, 0.4) is 0 Å². The van der Waals surface area contributed by atoms with Gasteiger partial charge >= 0.3 is 0 Å². The highest BCUT2D eigenvalue weighted by atomic mass is 79.9. The van der Waals surface area contributed by atoms with E-state index >= 15 is 0 Å². The van der Waals surface area contributed by atoms with E-state index in [0.29, 0.717) is 5.69 Å². The Morgan fingerprint density at radius 1 is 1.25 bits per heavy atom. The van der Waals surface area contributed by atoms with Crippen molar-refractivity contribution in [2.45, 2.75) is 0 Å². The number of hydrogen-bond donors (Lipinski definition) is 1. The molecule has 0 atom stereocenters. The van der Waals surface area contributed by atoms with Gasteiger partial charge in [-0.2, -0.15) is 5.10 Å². The molecule has 0 saturated heterocycles. The smallest absolute Gasteiger partial charge is 0.109 e. The zero-order chi connectivity index (χ0) is 8.55. The van der Waals surface area contributed by atoms with Crippen LogP contribution in [0.25, 0.3) is 10.9 Å². The first kappa shape index (κ1) is 7.49. The van der Waals surface area contributed by atoms with Gasteiger partial charge in [0.25, 0.3) is 0 Å². The summed E-state index contributed by atoms with van der Waals surface area (Å²) in [6.45, 7) is 0. The van der Waals surface area contributed by atoms with E-state index in [1.165, 1.54) is 0 Å². The highest BCUT2D eigenvalue weighted by molar-refractivity contribution is 9.10. The number of halogens is 1. The summed E-state index contributed by atoms with van der Waals surface area (Å²) < 4.78 is 0.813. The average molecular weight is 224 g/mol. The molecular formula is C8H6BrN3. The highest BCUT2D eigenvalue weighted by Crippen LogP contribution is 2.26. The van der Waals surface area contributed by atoms with Crippen LogP contribution in [0, 0.1) is 0 Å². The van der Waals surface area contributed by atoms with Gasteiger partial charge in [-0.1, -0.05) is 6.07 Å². The summed E-state index contributed by atoms with van der Waals surface area (Å²) in [5, 5.41) is 8.78. The Morgan fingerprint density at radius 3 is 2.92 bits per heavy atom. The van der Waals surface area contributed by atoms with Crippen molar-refractivity contribution < 1.29 is 0 Å². The fraction of sp³-hybridized carbons (Fsp3) is 0. The highest BCUT2D eigenvalue weighted by Gasteiger charge is 2.02. The van der Waals surface area contributed by atoms with Gasteiger partial charge in [0.2, 0.25) is 0 Å². The van der Waals surface area contributed by atoms with Crippen LogP contribution < -0.4 is 5.73 Å². The molecule has 2 rings (SSSR count).